The van der Waals surface area contributed by atoms with Crippen molar-refractivity contribution in [2.24, 2.45) is 0 Å². The third-order valence-corrected chi connectivity index (χ3v) is 6.03. The molecule has 30 heavy (non-hydrogen) atoms. The highest BCUT2D eigenvalue weighted by Gasteiger charge is 2.32. The van der Waals surface area contributed by atoms with Gasteiger partial charge < -0.3 is 14.4 Å². The van der Waals surface area contributed by atoms with Crippen LogP contribution in [0.2, 0.25) is 0 Å². The van der Waals surface area contributed by atoms with Crippen molar-refractivity contribution >= 4 is 5.91 Å². The van der Waals surface area contributed by atoms with E-state index in [0.29, 0.717) is 6.04 Å². The van der Waals surface area contributed by atoms with E-state index in [2.05, 4.69) is 37.8 Å². The van der Waals surface area contributed by atoms with Crippen LogP contribution in [0.3, 0.4) is 0 Å². The molecule has 1 amide bonds. The summed E-state index contributed by atoms with van der Waals surface area (Å²) in [6.07, 6.45) is 1.90. The van der Waals surface area contributed by atoms with E-state index >= 15 is 0 Å². The second-order valence-corrected chi connectivity index (χ2v) is 8.12. The molecule has 5 nitrogen and oxygen atoms in total. The standard InChI is InChI=1S/C25H34N2O3/c1-6-26(18(2)3)17-19-9-11-20(12-10-19)25(28)27-15-7-8-23(27)22-16-21(29-4)13-14-24(22)30-5/h9-14,16,18,23H,6-8,15,17H2,1-5H3. The monoisotopic (exact) mass is 410 g/mol. The number of benzene rings is 2. The predicted molar refractivity (Wildman–Crippen MR) is 120 cm³/mol. The minimum atomic E-state index is -0.00116. The van der Waals surface area contributed by atoms with E-state index in [0.717, 1.165) is 55.1 Å². The number of methoxy groups -OCH3 is 2. The maximum atomic E-state index is 13.3. The van der Waals surface area contributed by atoms with Gasteiger partial charge in [0.2, 0.25) is 0 Å². The molecule has 1 unspecified atom stereocenters. The molecule has 3 rings (SSSR count). The number of nitrogens with zero attached hydrogens (tertiary/aromatic N) is 2. The lowest BCUT2D eigenvalue weighted by Gasteiger charge is -2.27. The quantitative estimate of drug-likeness (QED) is 0.620. The van der Waals surface area contributed by atoms with Gasteiger partial charge in [0.1, 0.15) is 11.5 Å². The Balaban J connectivity index is 1.79. The Morgan fingerprint density at radius 2 is 1.87 bits per heavy atom. The number of carbonyl (C=O) groups is 1. The van der Waals surface area contributed by atoms with Gasteiger partial charge in [-0.1, -0.05) is 19.1 Å². The molecule has 1 aliphatic rings. The van der Waals surface area contributed by atoms with E-state index in [1.165, 1.54) is 5.56 Å². The van der Waals surface area contributed by atoms with Crippen molar-refractivity contribution in [1.29, 1.82) is 0 Å². The molecule has 0 aliphatic carbocycles. The van der Waals surface area contributed by atoms with Crippen LogP contribution in [0.15, 0.2) is 42.5 Å². The molecule has 2 aromatic carbocycles. The molecule has 0 saturated carbocycles. The molecule has 1 fully saturated rings. The highest BCUT2D eigenvalue weighted by Crippen LogP contribution is 2.39. The Bertz CT molecular complexity index is 848. The van der Waals surface area contributed by atoms with E-state index < -0.39 is 0 Å². The van der Waals surface area contributed by atoms with Crippen molar-refractivity contribution in [3.8, 4) is 11.5 Å². The summed E-state index contributed by atoms with van der Waals surface area (Å²) in [6, 6.07) is 14.4. The first-order valence-electron chi connectivity index (χ1n) is 10.8. The second kappa shape index (κ2) is 9.98. The molecule has 1 atom stereocenters. The van der Waals surface area contributed by atoms with Gasteiger partial charge in [0.25, 0.3) is 5.91 Å². The molecule has 0 spiro atoms. The van der Waals surface area contributed by atoms with E-state index in [-0.39, 0.29) is 11.9 Å². The molecule has 5 heteroatoms. The molecule has 0 bridgehead atoms. The lowest BCUT2D eigenvalue weighted by Crippen LogP contribution is -2.31. The smallest absolute Gasteiger partial charge is 0.254 e. The van der Waals surface area contributed by atoms with Crippen LogP contribution in [0.1, 0.15) is 61.1 Å². The Morgan fingerprint density at radius 1 is 1.13 bits per heavy atom. The number of carbonyl (C=O) groups excluding carboxylic acids is 1. The predicted octanol–water partition coefficient (Wildman–Crippen LogP) is 4.91. The molecular formula is C25H34N2O3. The summed E-state index contributed by atoms with van der Waals surface area (Å²) in [5.74, 6) is 1.65. The Morgan fingerprint density at radius 3 is 2.47 bits per heavy atom. The fraction of sp³-hybridized carbons (Fsp3) is 0.480. The maximum absolute atomic E-state index is 13.3. The first kappa shape index (κ1) is 22.2. The van der Waals surface area contributed by atoms with Gasteiger partial charge in [0.15, 0.2) is 0 Å². The number of amides is 1. The van der Waals surface area contributed by atoms with E-state index in [4.69, 9.17) is 9.47 Å². The van der Waals surface area contributed by atoms with Crippen molar-refractivity contribution < 1.29 is 14.3 Å². The van der Waals surface area contributed by atoms with Crippen LogP contribution in [-0.4, -0.2) is 49.1 Å². The van der Waals surface area contributed by atoms with Crippen LogP contribution in [0.25, 0.3) is 0 Å². The molecule has 0 N–H and O–H groups in total. The summed E-state index contributed by atoms with van der Waals surface area (Å²) in [4.78, 5) is 17.7. The summed E-state index contributed by atoms with van der Waals surface area (Å²) in [5, 5.41) is 0. The summed E-state index contributed by atoms with van der Waals surface area (Å²) in [6.45, 7) is 9.26. The van der Waals surface area contributed by atoms with Crippen LogP contribution >= 0.6 is 0 Å². The van der Waals surface area contributed by atoms with Crippen LogP contribution in [0.4, 0.5) is 0 Å². The van der Waals surface area contributed by atoms with Gasteiger partial charge in [0.05, 0.1) is 20.3 Å². The molecule has 2 aromatic rings. The summed E-state index contributed by atoms with van der Waals surface area (Å²) in [7, 11) is 3.32. The Labute approximate surface area is 180 Å². The van der Waals surface area contributed by atoms with Gasteiger partial charge >= 0.3 is 0 Å². The van der Waals surface area contributed by atoms with Gasteiger partial charge in [-0.25, -0.2) is 0 Å². The summed E-state index contributed by atoms with van der Waals surface area (Å²) >= 11 is 0. The zero-order valence-electron chi connectivity index (χ0n) is 18.9. The number of rotatable bonds is 8. The number of hydrogen-bond acceptors (Lipinski definition) is 4. The van der Waals surface area contributed by atoms with Crippen molar-refractivity contribution in [2.75, 3.05) is 27.3 Å². The van der Waals surface area contributed by atoms with Crippen LogP contribution in [0, 0.1) is 0 Å². The fourth-order valence-electron chi connectivity index (χ4n) is 4.25. The minimum absolute atomic E-state index is 0.00116. The second-order valence-electron chi connectivity index (χ2n) is 8.12. The van der Waals surface area contributed by atoms with E-state index in [9.17, 15) is 4.79 Å². The topological polar surface area (TPSA) is 42.0 Å². The van der Waals surface area contributed by atoms with Crippen LogP contribution in [0.5, 0.6) is 11.5 Å². The molecule has 1 aliphatic heterocycles. The van der Waals surface area contributed by atoms with Gasteiger partial charge in [-0.05, 0) is 69.1 Å². The van der Waals surface area contributed by atoms with Crippen molar-refractivity contribution in [1.82, 2.24) is 9.80 Å². The average Bonchev–Trinajstić information content (AvgIpc) is 3.26. The number of ether oxygens (including phenoxy) is 2. The lowest BCUT2D eigenvalue weighted by atomic mass is 10.0. The zero-order chi connectivity index (χ0) is 21.7. The van der Waals surface area contributed by atoms with Gasteiger partial charge in [0, 0.05) is 30.3 Å². The van der Waals surface area contributed by atoms with Crippen LogP contribution in [-0.2, 0) is 6.54 Å². The normalized spacial score (nSPS) is 16.4. The lowest BCUT2D eigenvalue weighted by molar-refractivity contribution is 0.0734. The van der Waals surface area contributed by atoms with Gasteiger partial charge in [-0.15, -0.1) is 0 Å². The van der Waals surface area contributed by atoms with Crippen molar-refractivity contribution in [3.05, 3.63) is 59.2 Å². The SMILES string of the molecule is CCN(Cc1ccc(C(=O)N2CCCC2c2cc(OC)ccc2OC)cc1)C(C)C. The first-order valence-corrected chi connectivity index (χ1v) is 10.8. The molecular weight excluding hydrogens is 376 g/mol. The fourth-order valence-corrected chi connectivity index (χ4v) is 4.25. The molecule has 0 radical (unpaired) electrons. The van der Waals surface area contributed by atoms with E-state index in [1.54, 1.807) is 14.2 Å². The Kier molecular flexibility index (Phi) is 7.38. The minimum Gasteiger partial charge on any atom is -0.497 e. The molecule has 1 heterocycles. The van der Waals surface area contributed by atoms with Gasteiger partial charge in [-0.3, -0.25) is 9.69 Å². The van der Waals surface area contributed by atoms with E-state index in [1.807, 2.05) is 35.2 Å². The summed E-state index contributed by atoms with van der Waals surface area (Å²) < 4.78 is 11.0. The first-order chi connectivity index (χ1) is 14.5. The third-order valence-electron chi connectivity index (χ3n) is 6.03. The maximum Gasteiger partial charge on any atom is 0.254 e. The highest BCUT2D eigenvalue weighted by atomic mass is 16.5. The molecule has 1 saturated heterocycles. The van der Waals surface area contributed by atoms with Gasteiger partial charge in [-0.2, -0.15) is 0 Å². The zero-order valence-corrected chi connectivity index (χ0v) is 18.9. The largest absolute Gasteiger partial charge is 0.497 e. The van der Waals surface area contributed by atoms with Crippen LogP contribution < -0.4 is 9.47 Å². The third kappa shape index (κ3) is 4.78. The average molecular weight is 411 g/mol. The molecule has 162 valence electrons. The summed E-state index contributed by atoms with van der Waals surface area (Å²) in [5.41, 5.74) is 2.98. The highest BCUT2D eigenvalue weighted by molar-refractivity contribution is 5.94. The number of hydrogen-bond donors (Lipinski definition) is 0. The number of likely N-dealkylation sites (tertiary alicyclic amines) is 1. The van der Waals surface area contributed by atoms with Crippen molar-refractivity contribution in [2.45, 2.75) is 52.2 Å². The molecule has 0 aromatic heterocycles. The Hall–Kier alpha value is -2.53. The van der Waals surface area contributed by atoms with Crippen molar-refractivity contribution in [3.63, 3.8) is 0 Å².